The van der Waals surface area contributed by atoms with Crippen LogP contribution < -0.4 is 14.5 Å². The van der Waals surface area contributed by atoms with Gasteiger partial charge in [0.25, 0.3) is 11.8 Å². The topological polar surface area (TPSA) is 49.9 Å². The molecule has 0 atom stereocenters. The summed E-state index contributed by atoms with van der Waals surface area (Å²) >= 11 is 5.64. The van der Waals surface area contributed by atoms with Gasteiger partial charge in [0.1, 0.15) is 17.1 Å². The Hall–Kier alpha value is -4.55. The van der Waals surface area contributed by atoms with E-state index in [0.29, 0.717) is 28.4 Å². The van der Waals surface area contributed by atoms with Gasteiger partial charge in [-0.15, -0.1) is 0 Å². The Kier molecular flexibility index (Phi) is 6.20. The molecule has 5 nitrogen and oxygen atoms in total. The molecule has 4 aromatic rings. The second-order valence-electron chi connectivity index (χ2n) is 7.78. The van der Waals surface area contributed by atoms with Crippen LogP contribution in [0.1, 0.15) is 5.56 Å². The van der Waals surface area contributed by atoms with Gasteiger partial charge in [0, 0.05) is 0 Å². The lowest BCUT2D eigenvalue weighted by molar-refractivity contribution is -0.120. The highest BCUT2D eigenvalue weighted by Gasteiger charge is 2.41. The number of hydrogen-bond donors (Lipinski definition) is 0. The lowest BCUT2D eigenvalue weighted by Gasteiger charge is -2.36. The van der Waals surface area contributed by atoms with Crippen LogP contribution in [0.15, 0.2) is 121 Å². The predicted molar refractivity (Wildman–Crippen MR) is 141 cm³/mol. The molecule has 5 rings (SSSR count). The Morgan fingerprint density at radius 1 is 0.600 bits per heavy atom. The van der Waals surface area contributed by atoms with Gasteiger partial charge in [-0.3, -0.25) is 19.4 Å². The van der Waals surface area contributed by atoms with Crippen LogP contribution in [0.5, 0.6) is 11.5 Å². The van der Waals surface area contributed by atoms with Crippen molar-refractivity contribution in [3.8, 4) is 11.5 Å². The summed E-state index contributed by atoms with van der Waals surface area (Å²) in [6.45, 7) is 0. The summed E-state index contributed by atoms with van der Waals surface area (Å²) in [6.07, 6.45) is 1.58. The molecule has 0 N–H and O–H groups in total. The SMILES string of the molecule is O=C1C(=Cc2cccc(Oc3ccccc3)c2)C(=O)N(c2ccccc2)C(=S)N1c1ccccc1. The quantitative estimate of drug-likeness (QED) is 0.195. The third-order valence-corrected chi connectivity index (χ3v) is 5.79. The number of ether oxygens (including phenoxy) is 1. The summed E-state index contributed by atoms with van der Waals surface area (Å²) in [7, 11) is 0. The molecule has 0 radical (unpaired) electrons. The van der Waals surface area contributed by atoms with Crippen LogP contribution >= 0.6 is 12.2 Å². The molecule has 35 heavy (non-hydrogen) atoms. The first-order valence-corrected chi connectivity index (χ1v) is 11.4. The van der Waals surface area contributed by atoms with Crippen LogP contribution in [-0.4, -0.2) is 16.9 Å². The monoisotopic (exact) mass is 476 g/mol. The molecule has 1 fully saturated rings. The number of benzene rings is 4. The number of carbonyl (C=O) groups is 2. The number of rotatable bonds is 5. The molecule has 0 saturated carbocycles. The standard InChI is InChI=1S/C29H20N2O3S/c32-27-26(20-21-11-10-18-25(19-21)34-24-16-8-3-9-17-24)28(33)31(23-14-6-2-7-15-23)29(35)30(27)22-12-4-1-5-13-22/h1-20H. The summed E-state index contributed by atoms with van der Waals surface area (Å²) in [5.41, 5.74) is 1.83. The Balaban J connectivity index is 1.56. The molecule has 1 heterocycles. The van der Waals surface area contributed by atoms with Gasteiger partial charge in [0.05, 0.1) is 11.4 Å². The first kappa shape index (κ1) is 22.3. The van der Waals surface area contributed by atoms with E-state index >= 15 is 0 Å². The Labute approximate surface area is 208 Å². The largest absolute Gasteiger partial charge is 0.457 e. The van der Waals surface area contributed by atoms with Crippen LogP contribution in [0, 0.1) is 0 Å². The maximum absolute atomic E-state index is 13.6. The number of carbonyl (C=O) groups excluding carboxylic acids is 2. The fourth-order valence-corrected chi connectivity index (χ4v) is 4.17. The number of amides is 2. The van der Waals surface area contributed by atoms with Gasteiger partial charge in [-0.25, -0.2) is 0 Å². The molecule has 0 spiro atoms. The van der Waals surface area contributed by atoms with E-state index < -0.39 is 11.8 Å². The van der Waals surface area contributed by atoms with Crippen LogP contribution in [0.25, 0.3) is 6.08 Å². The molecule has 0 aliphatic carbocycles. The van der Waals surface area contributed by atoms with Gasteiger partial charge in [-0.1, -0.05) is 66.7 Å². The average Bonchev–Trinajstić information content (AvgIpc) is 2.89. The molecule has 1 aliphatic rings. The van der Waals surface area contributed by atoms with E-state index in [-0.39, 0.29) is 10.7 Å². The Morgan fingerprint density at radius 2 is 1.09 bits per heavy atom. The van der Waals surface area contributed by atoms with E-state index in [4.69, 9.17) is 17.0 Å². The van der Waals surface area contributed by atoms with E-state index in [1.165, 1.54) is 9.80 Å². The summed E-state index contributed by atoms with van der Waals surface area (Å²) < 4.78 is 5.92. The van der Waals surface area contributed by atoms with Crippen molar-refractivity contribution in [3.05, 3.63) is 126 Å². The number of nitrogens with zero attached hydrogens (tertiary/aromatic N) is 2. The highest BCUT2D eigenvalue weighted by atomic mass is 32.1. The first-order valence-electron chi connectivity index (χ1n) is 11.0. The highest BCUT2D eigenvalue weighted by molar-refractivity contribution is 7.81. The number of hydrogen-bond acceptors (Lipinski definition) is 4. The average molecular weight is 477 g/mol. The van der Waals surface area contributed by atoms with Crippen LogP contribution in [0.2, 0.25) is 0 Å². The number of thiocarbonyl (C=S) groups is 1. The fourth-order valence-electron chi connectivity index (χ4n) is 3.80. The summed E-state index contributed by atoms with van der Waals surface area (Å²) in [5, 5.41) is 0.107. The van der Waals surface area contributed by atoms with Gasteiger partial charge < -0.3 is 4.74 Å². The molecule has 170 valence electrons. The normalized spacial score (nSPS) is 13.7. The zero-order valence-electron chi connectivity index (χ0n) is 18.6. The van der Waals surface area contributed by atoms with Crippen molar-refractivity contribution in [1.29, 1.82) is 0 Å². The van der Waals surface area contributed by atoms with Gasteiger partial charge >= 0.3 is 0 Å². The van der Waals surface area contributed by atoms with Gasteiger partial charge in [0.2, 0.25) is 0 Å². The maximum Gasteiger partial charge on any atom is 0.270 e. The zero-order chi connectivity index (χ0) is 24.2. The molecule has 2 amide bonds. The highest BCUT2D eigenvalue weighted by Crippen LogP contribution is 2.30. The van der Waals surface area contributed by atoms with E-state index in [9.17, 15) is 9.59 Å². The van der Waals surface area contributed by atoms with Crippen molar-refractivity contribution in [1.82, 2.24) is 0 Å². The maximum atomic E-state index is 13.6. The van der Waals surface area contributed by atoms with Crippen LogP contribution in [0.3, 0.4) is 0 Å². The summed E-state index contributed by atoms with van der Waals surface area (Å²) in [4.78, 5) is 30.0. The van der Waals surface area contributed by atoms with Crippen molar-refractivity contribution in [2.45, 2.75) is 0 Å². The predicted octanol–water partition coefficient (Wildman–Crippen LogP) is 6.23. The molecular formula is C29H20N2O3S. The molecule has 4 aromatic carbocycles. The van der Waals surface area contributed by atoms with E-state index in [0.717, 1.165) is 0 Å². The van der Waals surface area contributed by atoms with Crippen molar-refractivity contribution in [3.63, 3.8) is 0 Å². The fraction of sp³-hybridized carbons (Fsp3) is 0. The van der Waals surface area contributed by atoms with E-state index in [1.54, 1.807) is 36.4 Å². The molecule has 1 saturated heterocycles. The third kappa shape index (κ3) is 4.60. The summed E-state index contributed by atoms with van der Waals surface area (Å²) in [6, 6.07) is 34.8. The minimum atomic E-state index is -0.479. The van der Waals surface area contributed by atoms with Crippen molar-refractivity contribution >= 4 is 46.6 Å². The Bertz CT molecular complexity index is 1360. The first-order chi connectivity index (χ1) is 17.1. The lowest BCUT2D eigenvalue weighted by atomic mass is 10.0. The smallest absolute Gasteiger partial charge is 0.270 e. The second kappa shape index (κ2) is 9.75. The lowest BCUT2D eigenvalue weighted by Crippen LogP contribution is -2.56. The zero-order valence-corrected chi connectivity index (χ0v) is 19.4. The second-order valence-corrected chi connectivity index (χ2v) is 8.15. The van der Waals surface area contributed by atoms with E-state index in [2.05, 4.69) is 0 Å². The van der Waals surface area contributed by atoms with Crippen LogP contribution in [-0.2, 0) is 9.59 Å². The molecular weight excluding hydrogens is 456 g/mol. The van der Waals surface area contributed by atoms with Crippen molar-refractivity contribution in [2.75, 3.05) is 9.80 Å². The number of para-hydroxylation sites is 3. The molecule has 6 heteroatoms. The molecule has 1 aliphatic heterocycles. The van der Waals surface area contributed by atoms with Gasteiger partial charge in [0.15, 0.2) is 5.11 Å². The minimum absolute atomic E-state index is 0.00293. The van der Waals surface area contributed by atoms with Crippen molar-refractivity contribution in [2.24, 2.45) is 0 Å². The molecule has 0 bridgehead atoms. The van der Waals surface area contributed by atoms with E-state index in [1.807, 2.05) is 84.9 Å². The Morgan fingerprint density at radius 3 is 1.63 bits per heavy atom. The number of anilines is 2. The molecule has 0 unspecified atom stereocenters. The summed E-state index contributed by atoms with van der Waals surface area (Å²) in [5.74, 6) is 0.329. The third-order valence-electron chi connectivity index (χ3n) is 5.43. The van der Waals surface area contributed by atoms with Crippen LogP contribution in [0.4, 0.5) is 11.4 Å². The molecule has 0 aromatic heterocycles. The van der Waals surface area contributed by atoms with Gasteiger partial charge in [-0.2, -0.15) is 0 Å². The van der Waals surface area contributed by atoms with Crippen molar-refractivity contribution < 1.29 is 14.3 Å². The minimum Gasteiger partial charge on any atom is -0.457 e. The van der Waals surface area contributed by atoms with Gasteiger partial charge in [-0.05, 0) is 72.4 Å².